The first-order chi connectivity index (χ1) is 14.1. The predicted molar refractivity (Wildman–Crippen MR) is 109 cm³/mol. The number of aromatic nitrogens is 2. The van der Waals surface area contributed by atoms with E-state index in [-0.39, 0.29) is 18.4 Å². The fourth-order valence-electron chi connectivity index (χ4n) is 4.05. The number of nitrogens with zero attached hydrogens (tertiary/aromatic N) is 4. The van der Waals surface area contributed by atoms with Crippen LogP contribution in [-0.2, 0) is 16.0 Å². The summed E-state index contributed by atoms with van der Waals surface area (Å²) in [6.45, 7) is 11.8. The summed E-state index contributed by atoms with van der Waals surface area (Å²) in [5, 5.41) is 0. The third-order valence-corrected chi connectivity index (χ3v) is 5.56. The summed E-state index contributed by atoms with van der Waals surface area (Å²) in [7, 11) is 0. The first kappa shape index (κ1) is 21.8. The van der Waals surface area contributed by atoms with Crippen molar-refractivity contribution in [2.75, 3.05) is 52.6 Å². The van der Waals surface area contributed by atoms with Gasteiger partial charge in [-0.25, -0.2) is 4.98 Å². The second-order valence-corrected chi connectivity index (χ2v) is 7.57. The van der Waals surface area contributed by atoms with Crippen LogP contribution in [0.1, 0.15) is 44.4 Å². The first-order valence-corrected chi connectivity index (χ1v) is 10.8. The Morgan fingerprint density at radius 1 is 1.10 bits per heavy atom. The zero-order chi connectivity index (χ0) is 20.6. The Balaban J connectivity index is 1.73. The van der Waals surface area contributed by atoms with Crippen LogP contribution in [0.3, 0.4) is 0 Å². The molecule has 2 fully saturated rings. The number of hydrogen-bond acceptors (Lipinski definition) is 7. The number of carbonyl (C=O) groups excluding carboxylic acids is 1. The quantitative estimate of drug-likeness (QED) is 0.652. The second kappa shape index (κ2) is 10.7. The standard InChI is InChI=1S/C21H34N4O4/c1-4-28-20-18(16(3)22-21(23-20)29-5-2)14-19(26)25-9-7-6-8-17(25)15-24-10-12-27-13-11-24/h17H,4-15H2,1-3H3. The van der Waals surface area contributed by atoms with E-state index in [0.29, 0.717) is 25.1 Å². The molecule has 3 rings (SSSR count). The molecule has 0 N–H and O–H groups in total. The first-order valence-electron chi connectivity index (χ1n) is 10.8. The molecule has 0 spiro atoms. The zero-order valence-corrected chi connectivity index (χ0v) is 18.0. The van der Waals surface area contributed by atoms with Crippen molar-refractivity contribution in [1.82, 2.24) is 19.8 Å². The highest BCUT2D eigenvalue weighted by Crippen LogP contribution is 2.25. The van der Waals surface area contributed by atoms with Gasteiger partial charge in [0.1, 0.15) is 0 Å². The van der Waals surface area contributed by atoms with Gasteiger partial charge < -0.3 is 19.1 Å². The number of ether oxygens (including phenoxy) is 3. The summed E-state index contributed by atoms with van der Waals surface area (Å²) in [4.78, 5) is 26.5. The molecular weight excluding hydrogens is 372 g/mol. The smallest absolute Gasteiger partial charge is 0.319 e. The highest BCUT2D eigenvalue weighted by Gasteiger charge is 2.30. The Bertz CT molecular complexity index is 679. The van der Waals surface area contributed by atoms with Gasteiger partial charge in [0.05, 0.1) is 38.5 Å². The van der Waals surface area contributed by atoms with E-state index in [2.05, 4.69) is 19.8 Å². The normalized spacial score (nSPS) is 20.5. The number of carbonyl (C=O) groups is 1. The maximum absolute atomic E-state index is 13.3. The van der Waals surface area contributed by atoms with Crippen molar-refractivity contribution in [2.24, 2.45) is 0 Å². The Hall–Kier alpha value is -1.93. The maximum atomic E-state index is 13.3. The Kier molecular flexibility index (Phi) is 8.06. The molecule has 1 unspecified atom stereocenters. The molecule has 0 aromatic carbocycles. The summed E-state index contributed by atoms with van der Waals surface area (Å²) in [6, 6.07) is 0.557. The van der Waals surface area contributed by atoms with Crippen molar-refractivity contribution >= 4 is 5.91 Å². The van der Waals surface area contributed by atoms with Gasteiger partial charge in [0.25, 0.3) is 0 Å². The highest BCUT2D eigenvalue weighted by molar-refractivity contribution is 5.80. The topological polar surface area (TPSA) is 77.0 Å². The Morgan fingerprint density at radius 2 is 1.86 bits per heavy atom. The van der Waals surface area contributed by atoms with E-state index >= 15 is 0 Å². The van der Waals surface area contributed by atoms with Crippen molar-refractivity contribution in [2.45, 2.75) is 52.5 Å². The summed E-state index contributed by atoms with van der Waals surface area (Å²) in [5.74, 6) is 0.582. The number of likely N-dealkylation sites (tertiary alicyclic amines) is 1. The average molecular weight is 407 g/mol. The van der Waals surface area contributed by atoms with E-state index in [0.717, 1.165) is 63.5 Å². The van der Waals surface area contributed by atoms with Gasteiger partial charge in [-0.2, -0.15) is 4.98 Å². The molecule has 1 amide bonds. The third-order valence-electron chi connectivity index (χ3n) is 5.56. The van der Waals surface area contributed by atoms with Crippen molar-refractivity contribution < 1.29 is 19.0 Å². The number of morpholine rings is 1. The number of rotatable bonds is 8. The highest BCUT2D eigenvalue weighted by atomic mass is 16.5. The van der Waals surface area contributed by atoms with E-state index in [1.807, 2.05) is 20.8 Å². The largest absolute Gasteiger partial charge is 0.478 e. The monoisotopic (exact) mass is 406 g/mol. The van der Waals surface area contributed by atoms with E-state index < -0.39 is 0 Å². The minimum Gasteiger partial charge on any atom is -0.478 e. The van der Waals surface area contributed by atoms with Gasteiger partial charge in [0, 0.05) is 37.8 Å². The van der Waals surface area contributed by atoms with Gasteiger partial charge in [0.15, 0.2) is 0 Å². The van der Waals surface area contributed by atoms with E-state index in [1.54, 1.807) is 0 Å². The molecule has 1 aromatic rings. The molecule has 0 aliphatic carbocycles. The molecular formula is C21H34N4O4. The summed E-state index contributed by atoms with van der Waals surface area (Å²) >= 11 is 0. The summed E-state index contributed by atoms with van der Waals surface area (Å²) in [6.07, 6.45) is 3.55. The molecule has 1 atom stereocenters. The van der Waals surface area contributed by atoms with Gasteiger partial charge in [-0.1, -0.05) is 0 Å². The molecule has 162 valence electrons. The molecule has 0 bridgehead atoms. The van der Waals surface area contributed by atoms with Crippen molar-refractivity contribution in [1.29, 1.82) is 0 Å². The predicted octanol–water partition coefficient (Wildman–Crippen LogP) is 1.84. The van der Waals surface area contributed by atoms with Crippen LogP contribution in [0.4, 0.5) is 0 Å². The van der Waals surface area contributed by atoms with Crippen LogP contribution in [-0.4, -0.2) is 84.3 Å². The van der Waals surface area contributed by atoms with E-state index in [9.17, 15) is 4.79 Å². The molecule has 29 heavy (non-hydrogen) atoms. The minimum atomic E-state index is 0.125. The summed E-state index contributed by atoms with van der Waals surface area (Å²) in [5.41, 5.74) is 1.50. The van der Waals surface area contributed by atoms with Crippen LogP contribution in [0, 0.1) is 6.92 Å². The number of hydrogen-bond donors (Lipinski definition) is 0. The fourth-order valence-corrected chi connectivity index (χ4v) is 4.05. The van der Waals surface area contributed by atoms with Crippen LogP contribution < -0.4 is 9.47 Å². The molecule has 2 saturated heterocycles. The summed E-state index contributed by atoms with van der Waals surface area (Å²) < 4.78 is 16.6. The van der Waals surface area contributed by atoms with Crippen molar-refractivity contribution in [3.63, 3.8) is 0 Å². The van der Waals surface area contributed by atoms with Crippen LogP contribution in [0.25, 0.3) is 0 Å². The SMILES string of the molecule is CCOc1nc(C)c(CC(=O)N2CCCCC2CN2CCOCC2)c(OCC)n1. The molecule has 2 aliphatic heterocycles. The van der Waals surface area contributed by atoms with Gasteiger partial charge in [-0.15, -0.1) is 0 Å². The number of piperidine rings is 1. The van der Waals surface area contributed by atoms with Gasteiger partial charge in [-0.3, -0.25) is 9.69 Å². The molecule has 2 aliphatic rings. The zero-order valence-electron chi connectivity index (χ0n) is 18.0. The molecule has 8 nitrogen and oxygen atoms in total. The lowest BCUT2D eigenvalue weighted by molar-refractivity contribution is -0.135. The third kappa shape index (κ3) is 5.79. The molecule has 8 heteroatoms. The average Bonchev–Trinajstić information content (AvgIpc) is 2.72. The Labute approximate surface area is 173 Å². The lowest BCUT2D eigenvalue weighted by Gasteiger charge is -2.39. The van der Waals surface area contributed by atoms with Gasteiger partial charge in [-0.05, 0) is 40.0 Å². The van der Waals surface area contributed by atoms with Crippen LogP contribution >= 0.6 is 0 Å². The number of aryl methyl sites for hydroxylation is 1. The maximum Gasteiger partial charge on any atom is 0.319 e. The van der Waals surface area contributed by atoms with Crippen LogP contribution in [0.5, 0.6) is 11.9 Å². The molecule has 0 radical (unpaired) electrons. The molecule has 0 saturated carbocycles. The van der Waals surface area contributed by atoms with E-state index in [1.165, 1.54) is 6.42 Å². The number of amides is 1. The Morgan fingerprint density at radius 3 is 2.59 bits per heavy atom. The van der Waals surface area contributed by atoms with Crippen molar-refractivity contribution in [3.8, 4) is 11.9 Å². The van der Waals surface area contributed by atoms with Gasteiger partial charge in [0.2, 0.25) is 11.8 Å². The molecule has 3 heterocycles. The van der Waals surface area contributed by atoms with Gasteiger partial charge >= 0.3 is 6.01 Å². The lowest BCUT2D eigenvalue weighted by atomic mass is 10.00. The van der Waals surface area contributed by atoms with Crippen LogP contribution in [0.15, 0.2) is 0 Å². The van der Waals surface area contributed by atoms with E-state index in [4.69, 9.17) is 14.2 Å². The van der Waals surface area contributed by atoms with Crippen LogP contribution in [0.2, 0.25) is 0 Å². The fraction of sp³-hybridized carbons (Fsp3) is 0.762. The molecule has 1 aromatic heterocycles. The van der Waals surface area contributed by atoms with Crippen molar-refractivity contribution in [3.05, 3.63) is 11.3 Å². The second-order valence-electron chi connectivity index (χ2n) is 7.57. The minimum absolute atomic E-state index is 0.125. The lowest BCUT2D eigenvalue weighted by Crippen LogP contribution is -2.51.